The average molecular weight is 809 g/mol. The van der Waals surface area contributed by atoms with Gasteiger partial charge in [0.1, 0.15) is 11.2 Å². The van der Waals surface area contributed by atoms with Crippen LogP contribution >= 0.6 is 11.3 Å². The maximum Gasteiger partial charge on any atom is 0.145 e. The summed E-state index contributed by atoms with van der Waals surface area (Å²) < 4.78 is 12.0. The Morgan fingerprint density at radius 2 is 1.06 bits per heavy atom. The van der Waals surface area contributed by atoms with Gasteiger partial charge in [0, 0.05) is 59.0 Å². The minimum Gasteiger partial charge on any atom is -0.455 e. The normalized spacial score (nSPS) is 11.9. The fourth-order valence-corrected chi connectivity index (χ4v) is 10.9. The molecule has 0 radical (unpaired) electrons. The van der Waals surface area contributed by atoms with E-state index in [0.717, 1.165) is 55.8 Å². The molecule has 0 aliphatic heterocycles. The van der Waals surface area contributed by atoms with Crippen LogP contribution in [0.4, 0.5) is 17.1 Å². The molecule has 0 fully saturated rings. The molecule has 13 rings (SSSR count). The zero-order valence-corrected chi connectivity index (χ0v) is 34.3. The summed E-state index contributed by atoms with van der Waals surface area (Å²) in [6.45, 7) is 0. The van der Waals surface area contributed by atoms with Crippen LogP contribution in [-0.2, 0) is 0 Å². The van der Waals surface area contributed by atoms with E-state index in [-0.39, 0.29) is 0 Å². The van der Waals surface area contributed by atoms with Crippen LogP contribution in [0.3, 0.4) is 0 Å². The van der Waals surface area contributed by atoms with Crippen LogP contribution in [0.2, 0.25) is 0 Å². The molecule has 0 saturated heterocycles. The molecule has 3 heterocycles. The molecule has 0 amide bonds. The second-order valence-corrected chi connectivity index (χ2v) is 17.1. The molecule has 0 aliphatic carbocycles. The second kappa shape index (κ2) is 13.8. The number of anilines is 3. The van der Waals surface area contributed by atoms with Gasteiger partial charge in [0.15, 0.2) is 0 Å². The first-order chi connectivity index (χ1) is 30.7. The molecule has 10 aromatic carbocycles. The van der Waals surface area contributed by atoms with Crippen molar-refractivity contribution in [1.29, 1.82) is 0 Å². The number of para-hydroxylation sites is 3. The van der Waals surface area contributed by atoms with Gasteiger partial charge in [-0.3, -0.25) is 0 Å². The van der Waals surface area contributed by atoms with Crippen LogP contribution in [0.5, 0.6) is 0 Å². The van der Waals surface area contributed by atoms with Crippen LogP contribution in [0.1, 0.15) is 0 Å². The van der Waals surface area contributed by atoms with Gasteiger partial charge in [0.05, 0.1) is 22.1 Å². The molecular weight excluding hydrogens is 773 g/mol. The summed E-state index contributed by atoms with van der Waals surface area (Å²) in [5, 5.41) is 9.67. The number of rotatable bonds is 6. The van der Waals surface area contributed by atoms with Crippen molar-refractivity contribution in [2.45, 2.75) is 0 Å². The smallest absolute Gasteiger partial charge is 0.145 e. The van der Waals surface area contributed by atoms with Crippen molar-refractivity contribution in [3.63, 3.8) is 0 Å². The largest absolute Gasteiger partial charge is 0.455 e. The zero-order valence-electron chi connectivity index (χ0n) is 33.5. The fraction of sp³-hybridized carbons (Fsp3) is 0. The first-order valence-corrected chi connectivity index (χ1v) is 21.9. The van der Waals surface area contributed by atoms with Gasteiger partial charge in [-0.1, -0.05) is 140 Å². The van der Waals surface area contributed by atoms with E-state index < -0.39 is 0 Å². The number of benzene rings is 10. The van der Waals surface area contributed by atoms with E-state index in [1.54, 1.807) is 0 Å². The molecule has 0 N–H and O–H groups in total. The zero-order chi connectivity index (χ0) is 40.7. The summed E-state index contributed by atoms with van der Waals surface area (Å²) in [7, 11) is 0. The van der Waals surface area contributed by atoms with Gasteiger partial charge >= 0.3 is 0 Å². The molecule has 3 nitrogen and oxygen atoms in total. The summed E-state index contributed by atoms with van der Waals surface area (Å²) in [5.74, 6) is 0. The molecule has 0 saturated carbocycles. The summed E-state index contributed by atoms with van der Waals surface area (Å²) in [6.07, 6.45) is 0. The topological polar surface area (TPSA) is 21.3 Å². The first-order valence-electron chi connectivity index (χ1n) is 21.1. The third-order valence-corrected chi connectivity index (χ3v) is 13.7. The van der Waals surface area contributed by atoms with Gasteiger partial charge in [-0.2, -0.15) is 0 Å². The third kappa shape index (κ3) is 5.37. The van der Waals surface area contributed by atoms with E-state index in [4.69, 9.17) is 4.42 Å². The van der Waals surface area contributed by atoms with E-state index in [2.05, 4.69) is 228 Å². The van der Waals surface area contributed by atoms with Gasteiger partial charge in [0.2, 0.25) is 0 Å². The highest BCUT2D eigenvalue weighted by Gasteiger charge is 2.23. The van der Waals surface area contributed by atoms with Crippen molar-refractivity contribution in [2.75, 3.05) is 4.90 Å². The van der Waals surface area contributed by atoms with E-state index in [1.165, 1.54) is 63.9 Å². The van der Waals surface area contributed by atoms with Gasteiger partial charge in [-0.05, 0) is 106 Å². The minimum atomic E-state index is 0.861. The predicted octanol–water partition coefficient (Wildman–Crippen LogP) is 17.0. The van der Waals surface area contributed by atoms with Gasteiger partial charge in [-0.25, -0.2) is 0 Å². The summed E-state index contributed by atoms with van der Waals surface area (Å²) in [4.78, 5) is 2.40. The molecule has 0 unspecified atom stereocenters. The van der Waals surface area contributed by atoms with Crippen molar-refractivity contribution in [1.82, 2.24) is 4.57 Å². The average Bonchev–Trinajstić information content (AvgIpc) is 4.02. The summed E-state index contributed by atoms with van der Waals surface area (Å²) in [6, 6.07) is 79.1. The molecule has 0 atom stereocenters. The fourth-order valence-electron chi connectivity index (χ4n) is 9.79. The van der Waals surface area contributed by atoms with Crippen LogP contribution < -0.4 is 4.90 Å². The Hall–Kier alpha value is -7.92. The predicted molar refractivity (Wildman–Crippen MR) is 264 cm³/mol. The van der Waals surface area contributed by atoms with E-state index in [1.807, 2.05) is 11.3 Å². The SMILES string of the molecule is c1cc(-c2ccc(N(c3ccc(-c4cccc5sc6ccccc6c45)cc3)c3ccc4ccccc4c3)c3c2oc2ccccc23)cc(-n2c3ccccc3c3ccccc32)c1. The lowest BCUT2D eigenvalue weighted by Crippen LogP contribution is -2.10. The molecule has 3 aromatic heterocycles. The van der Waals surface area contributed by atoms with Crippen LogP contribution in [0, 0.1) is 0 Å². The van der Waals surface area contributed by atoms with E-state index in [9.17, 15) is 0 Å². The highest BCUT2D eigenvalue weighted by Crippen LogP contribution is 2.48. The number of aromatic nitrogens is 1. The first kappa shape index (κ1) is 34.9. The lowest BCUT2D eigenvalue weighted by Gasteiger charge is -2.27. The molecule has 290 valence electrons. The summed E-state index contributed by atoms with van der Waals surface area (Å²) >= 11 is 1.86. The third-order valence-electron chi connectivity index (χ3n) is 12.6. The monoisotopic (exact) mass is 808 g/mol. The number of hydrogen-bond donors (Lipinski definition) is 0. The van der Waals surface area contributed by atoms with Gasteiger partial charge < -0.3 is 13.9 Å². The van der Waals surface area contributed by atoms with Crippen LogP contribution in [0.15, 0.2) is 223 Å². The quantitative estimate of drug-likeness (QED) is 0.167. The lowest BCUT2D eigenvalue weighted by molar-refractivity contribution is 0.670. The highest BCUT2D eigenvalue weighted by molar-refractivity contribution is 7.25. The Bertz CT molecular complexity index is 3830. The van der Waals surface area contributed by atoms with Crippen molar-refractivity contribution < 1.29 is 4.42 Å². The van der Waals surface area contributed by atoms with E-state index >= 15 is 0 Å². The van der Waals surface area contributed by atoms with Crippen LogP contribution in [-0.4, -0.2) is 4.57 Å². The number of furan rings is 1. The molecule has 4 heteroatoms. The highest BCUT2D eigenvalue weighted by atomic mass is 32.1. The van der Waals surface area contributed by atoms with E-state index in [0.29, 0.717) is 0 Å². The molecule has 13 aromatic rings. The Morgan fingerprint density at radius 1 is 0.403 bits per heavy atom. The molecule has 0 bridgehead atoms. The molecule has 62 heavy (non-hydrogen) atoms. The van der Waals surface area contributed by atoms with Gasteiger partial charge in [0.25, 0.3) is 0 Å². The van der Waals surface area contributed by atoms with Crippen molar-refractivity contribution >= 4 is 103 Å². The number of fused-ring (bicyclic) bond motifs is 10. The van der Waals surface area contributed by atoms with Crippen molar-refractivity contribution in [3.8, 4) is 27.9 Å². The van der Waals surface area contributed by atoms with Crippen molar-refractivity contribution in [3.05, 3.63) is 218 Å². The second-order valence-electron chi connectivity index (χ2n) is 16.0. The van der Waals surface area contributed by atoms with Crippen LogP contribution in [0.25, 0.3) is 103 Å². The van der Waals surface area contributed by atoms with Gasteiger partial charge in [-0.15, -0.1) is 11.3 Å². The number of thiophene rings is 1. The maximum absolute atomic E-state index is 6.95. The standard InChI is InChI=1S/C58H36N2OS/c1-2-14-39-35-43(32-27-37(39)13-1)59(41-30-28-38(29-31-41)44-21-12-26-55-56(44)49-20-6-10-25-54(49)62-55)52-34-33-45(58-57(52)48-19-5-9-24-53(48)61-58)40-15-11-16-42(36-40)60-50-22-7-3-17-46(50)47-18-4-8-23-51(47)60/h1-36H. The minimum absolute atomic E-state index is 0.861. The van der Waals surface area contributed by atoms with Crippen molar-refractivity contribution in [2.24, 2.45) is 0 Å². The maximum atomic E-state index is 6.95. The Morgan fingerprint density at radius 3 is 1.89 bits per heavy atom. The number of hydrogen-bond acceptors (Lipinski definition) is 3. The molecule has 0 aliphatic rings. The molecular formula is C58H36N2OS. The summed E-state index contributed by atoms with van der Waals surface area (Å²) in [5.41, 5.74) is 13.0. The lowest BCUT2D eigenvalue weighted by atomic mass is 9.98. The Labute approximate surface area is 361 Å². The molecule has 0 spiro atoms. The Kier molecular flexibility index (Phi) is 7.78. The number of nitrogens with zero attached hydrogens (tertiary/aromatic N) is 2. The Balaban J connectivity index is 1.01.